The Morgan fingerprint density at radius 1 is 1.43 bits per heavy atom. The van der Waals surface area contributed by atoms with Crippen LogP contribution in [-0.2, 0) is 4.79 Å². The largest absolute Gasteiger partial charge is 0.482 e. The fourth-order valence-electron chi connectivity index (χ4n) is 1.81. The van der Waals surface area contributed by atoms with Crippen molar-refractivity contribution in [2.24, 2.45) is 0 Å². The molecule has 0 saturated carbocycles. The van der Waals surface area contributed by atoms with Crippen LogP contribution in [-0.4, -0.2) is 37.6 Å². The van der Waals surface area contributed by atoms with Gasteiger partial charge in [-0.3, -0.25) is 4.79 Å². The number of amides is 1. The van der Waals surface area contributed by atoms with Gasteiger partial charge in [0.2, 0.25) is 0 Å². The topological polar surface area (TPSA) is 41.6 Å². The Balaban J connectivity index is 2.64. The number of rotatable bonds is 8. The SMILES string of the molecule is CCCNC(C)c1ccc(OCC(=O)N(C)CC)c(Cl)c1. The molecule has 21 heavy (non-hydrogen) atoms. The zero-order chi connectivity index (χ0) is 15.8. The lowest BCUT2D eigenvalue weighted by Gasteiger charge is -2.17. The number of nitrogens with zero attached hydrogens (tertiary/aromatic N) is 1. The number of benzene rings is 1. The molecule has 1 atom stereocenters. The van der Waals surface area contributed by atoms with Crippen molar-refractivity contribution < 1.29 is 9.53 Å². The molecule has 1 amide bonds. The lowest BCUT2D eigenvalue weighted by molar-refractivity contribution is -0.131. The predicted molar refractivity (Wildman–Crippen MR) is 87.0 cm³/mol. The van der Waals surface area contributed by atoms with E-state index < -0.39 is 0 Å². The van der Waals surface area contributed by atoms with E-state index in [1.807, 2.05) is 25.1 Å². The molecule has 0 aliphatic heterocycles. The monoisotopic (exact) mass is 312 g/mol. The van der Waals surface area contributed by atoms with Crippen molar-refractivity contribution >= 4 is 17.5 Å². The number of carbonyl (C=O) groups is 1. The van der Waals surface area contributed by atoms with Crippen molar-refractivity contribution in [2.75, 3.05) is 26.7 Å². The van der Waals surface area contributed by atoms with Crippen molar-refractivity contribution in [1.82, 2.24) is 10.2 Å². The molecule has 1 unspecified atom stereocenters. The summed E-state index contributed by atoms with van der Waals surface area (Å²) in [5.74, 6) is 0.483. The first-order valence-corrected chi connectivity index (χ1v) is 7.76. The molecule has 0 aromatic heterocycles. The zero-order valence-electron chi connectivity index (χ0n) is 13.3. The van der Waals surface area contributed by atoms with Crippen molar-refractivity contribution in [3.05, 3.63) is 28.8 Å². The van der Waals surface area contributed by atoms with E-state index in [4.69, 9.17) is 16.3 Å². The second-order valence-corrected chi connectivity index (χ2v) is 5.47. The Bertz CT molecular complexity index is 466. The molecule has 0 fully saturated rings. The van der Waals surface area contributed by atoms with Gasteiger partial charge in [0.1, 0.15) is 5.75 Å². The van der Waals surface area contributed by atoms with E-state index in [0.29, 0.717) is 17.3 Å². The summed E-state index contributed by atoms with van der Waals surface area (Å²) in [4.78, 5) is 13.3. The van der Waals surface area contributed by atoms with E-state index in [-0.39, 0.29) is 18.6 Å². The first-order valence-electron chi connectivity index (χ1n) is 7.39. The normalized spacial score (nSPS) is 12.0. The Hall–Kier alpha value is -1.26. The highest BCUT2D eigenvalue weighted by molar-refractivity contribution is 6.32. The molecule has 1 aromatic rings. The van der Waals surface area contributed by atoms with Gasteiger partial charge in [-0.2, -0.15) is 0 Å². The summed E-state index contributed by atoms with van der Waals surface area (Å²) < 4.78 is 5.49. The molecule has 0 radical (unpaired) electrons. The molecular formula is C16H25ClN2O2. The summed E-state index contributed by atoms with van der Waals surface area (Å²) in [5.41, 5.74) is 1.11. The van der Waals surface area contributed by atoms with Crippen LogP contribution >= 0.6 is 11.6 Å². The minimum Gasteiger partial charge on any atom is -0.482 e. The van der Waals surface area contributed by atoms with E-state index in [2.05, 4.69) is 19.2 Å². The van der Waals surface area contributed by atoms with Gasteiger partial charge in [-0.15, -0.1) is 0 Å². The van der Waals surface area contributed by atoms with Crippen molar-refractivity contribution in [2.45, 2.75) is 33.2 Å². The molecule has 1 N–H and O–H groups in total. The van der Waals surface area contributed by atoms with Crippen LogP contribution in [0.15, 0.2) is 18.2 Å². The number of halogens is 1. The third-order valence-electron chi connectivity index (χ3n) is 3.41. The minimum absolute atomic E-state index is 0.00699. The Labute approximate surface area is 132 Å². The number of hydrogen-bond donors (Lipinski definition) is 1. The zero-order valence-corrected chi connectivity index (χ0v) is 14.0. The van der Waals surface area contributed by atoms with E-state index in [9.17, 15) is 4.79 Å². The lowest BCUT2D eigenvalue weighted by Crippen LogP contribution is -2.31. The number of hydrogen-bond acceptors (Lipinski definition) is 3. The van der Waals surface area contributed by atoms with E-state index in [0.717, 1.165) is 18.5 Å². The van der Waals surface area contributed by atoms with Gasteiger partial charge >= 0.3 is 0 Å². The first-order chi connectivity index (χ1) is 9.99. The summed E-state index contributed by atoms with van der Waals surface area (Å²) in [7, 11) is 1.75. The molecule has 0 aliphatic rings. The molecule has 0 aliphatic carbocycles. The summed E-state index contributed by atoms with van der Waals surface area (Å²) in [5, 5.41) is 3.94. The van der Waals surface area contributed by atoms with Gasteiger partial charge in [0.05, 0.1) is 5.02 Å². The second-order valence-electron chi connectivity index (χ2n) is 5.06. The maximum Gasteiger partial charge on any atom is 0.260 e. The fraction of sp³-hybridized carbons (Fsp3) is 0.562. The third kappa shape index (κ3) is 5.56. The highest BCUT2D eigenvalue weighted by atomic mass is 35.5. The van der Waals surface area contributed by atoms with Gasteiger partial charge in [-0.05, 0) is 44.5 Å². The summed E-state index contributed by atoms with van der Waals surface area (Å²) >= 11 is 6.23. The Kier molecular flexibility index (Phi) is 7.54. The van der Waals surface area contributed by atoms with Crippen molar-refractivity contribution in [3.8, 4) is 5.75 Å². The summed E-state index contributed by atoms with van der Waals surface area (Å²) in [6.45, 7) is 7.79. The van der Waals surface area contributed by atoms with Gasteiger partial charge in [0.15, 0.2) is 6.61 Å². The summed E-state index contributed by atoms with van der Waals surface area (Å²) in [6, 6.07) is 5.92. The van der Waals surface area contributed by atoms with Crippen LogP contribution in [0.4, 0.5) is 0 Å². The number of ether oxygens (including phenoxy) is 1. The van der Waals surface area contributed by atoms with Gasteiger partial charge in [0.25, 0.3) is 5.91 Å². The van der Waals surface area contributed by atoms with Crippen LogP contribution in [0.5, 0.6) is 5.75 Å². The lowest BCUT2D eigenvalue weighted by atomic mass is 10.1. The highest BCUT2D eigenvalue weighted by Gasteiger charge is 2.11. The molecule has 4 nitrogen and oxygen atoms in total. The average molecular weight is 313 g/mol. The molecule has 0 heterocycles. The van der Waals surface area contributed by atoms with Crippen LogP contribution in [0.3, 0.4) is 0 Å². The standard InChI is InChI=1S/C16H25ClN2O2/c1-5-9-18-12(3)13-7-8-15(14(17)10-13)21-11-16(20)19(4)6-2/h7-8,10,12,18H,5-6,9,11H2,1-4H3. The van der Waals surface area contributed by atoms with Crippen LogP contribution in [0.2, 0.25) is 5.02 Å². The number of nitrogens with one attached hydrogen (secondary N) is 1. The maximum absolute atomic E-state index is 11.7. The third-order valence-corrected chi connectivity index (χ3v) is 3.70. The quantitative estimate of drug-likeness (QED) is 0.801. The van der Waals surface area contributed by atoms with Gasteiger partial charge in [-0.25, -0.2) is 0 Å². The smallest absolute Gasteiger partial charge is 0.260 e. The first kappa shape index (κ1) is 17.8. The van der Waals surface area contributed by atoms with Crippen LogP contribution in [0.1, 0.15) is 38.8 Å². The van der Waals surface area contributed by atoms with Gasteiger partial charge in [0, 0.05) is 19.6 Å². The minimum atomic E-state index is -0.0596. The molecule has 118 valence electrons. The van der Waals surface area contributed by atoms with Crippen molar-refractivity contribution in [3.63, 3.8) is 0 Å². The van der Waals surface area contributed by atoms with Gasteiger partial charge < -0.3 is 15.0 Å². The van der Waals surface area contributed by atoms with E-state index in [1.165, 1.54) is 0 Å². The highest BCUT2D eigenvalue weighted by Crippen LogP contribution is 2.28. The Morgan fingerprint density at radius 3 is 2.71 bits per heavy atom. The van der Waals surface area contributed by atoms with Gasteiger partial charge in [-0.1, -0.05) is 24.6 Å². The van der Waals surface area contributed by atoms with Crippen LogP contribution < -0.4 is 10.1 Å². The fourth-order valence-corrected chi connectivity index (χ4v) is 2.05. The van der Waals surface area contributed by atoms with Crippen LogP contribution in [0, 0.1) is 0 Å². The molecule has 0 spiro atoms. The average Bonchev–Trinajstić information content (AvgIpc) is 2.50. The number of carbonyl (C=O) groups excluding carboxylic acids is 1. The molecule has 1 aromatic carbocycles. The molecule has 1 rings (SSSR count). The molecule has 0 saturated heterocycles. The van der Waals surface area contributed by atoms with E-state index >= 15 is 0 Å². The molecule has 0 bridgehead atoms. The second kappa shape index (κ2) is 8.90. The number of likely N-dealkylation sites (N-methyl/N-ethyl adjacent to an activating group) is 1. The van der Waals surface area contributed by atoms with Crippen molar-refractivity contribution in [1.29, 1.82) is 0 Å². The predicted octanol–water partition coefficient (Wildman–Crippen LogP) is 3.26. The Morgan fingerprint density at radius 2 is 2.14 bits per heavy atom. The maximum atomic E-state index is 11.7. The molecule has 5 heteroatoms. The van der Waals surface area contributed by atoms with Crippen LogP contribution in [0.25, 0.3) is 0 Å². The summed E-state index contributed by atoms with van der Waals surface area (Å²) in [6.07, 6.45) is 1.09. The van der Waals surface area contributed by atoms with E-state index in [1.54, 1.807) is 11.9 Å². The molecular weight excluding hydrogens is 288 g/mol.